The number of carbonyl (C=O) groups is 1. The van der Waals surface area contributed by atoms with Gasteiger partial charge >= 0.3 is 0 Å². The lowest BCUT2D eigenvalue weighted by Gasteiger charge is -2.32. The van der Waals surface area contributed by atoms with Crippen molar-refractivity contribution >= 4 is 23.5 Å². The third kappa shape index (κ3) is 7.28. The zero-order chi connectivity index (χ0) is 23.8. The quantitative estimate of drug-likeness (QED) is 0.452. The van der Waals surface area contributed by atoms with Crippen LogP contribution in [0.15, 0.2) is 24.5 Å². The Hall–Kier alpha value is -2.42. The number of aryl methyl sites for hydroxylation is 2. The Kier molecular flexibility index (Phi) is 9.29. The second kappa shape index (κ2) is 12.2. The van der Waals surface area contributed by atoms with Crippen LogP contribution < -0.4 is 15.0 Å². The summed E-state index contributed by atoms with van der Waals surface area (Å²) in [4.78, 5) is 23.2. The average molecular weight is 477 g/mol. The minimum Gasteiger partial charge on any atom is -0.494 e. The van der Waals surface area contributed by atoms with Crippen molar-refractivity contribution in [3.05, 3.63) is 46.2 Å². The lowest BCUT2D eigenvalue weighted by atomic mass is 9.92. The number of hydrogen-bond acceptors (Lipinski definition) is 7. The molecule has 8 nitrogen and oxygen atoms in total. The molecule has 1 saturated heterocycles. The van der Waals surface area contributed by atoms with Gasteiger partial charge in [-0.25, -0.2) is 9.97 Å². The minimum absolute atomic E-state index is 0.0120. The molecule has 1 fully saturated rings. The molecule has 0 radical (unpaired) electrons. The van der Waals surface area contributed by atoms with Crippen LogP contribution in [0.5, 0.6) is 5.75 Å². The Labute approximate surface area is 200 Å². The SMILES string of the molecule is Cc1cc(OCCCC2CCN(c3ncc(Cl)cn3)CC2)cc(C)c1C(=O)NC[C@@H](O)CO. The monoisotopic (exact) mass is 476 g/mol. The molecule has 0 aliphatic carbocycles. The molecule has 1 aromatic heterocycles. The van der Waals surface area contributed by atoms with Gasteiger partial charge in [0.2, 0.25) is 5.95 Å². The van der Waals surface area contributed by atoms with E-state index in [0.717, 1.165) is 61.6 Å². The highest BCUT2D eigenvalue weighted by atomic mass is 35.5. The molecule has 0 unspecified atom stereocenters. The van der Waals surface area contributed by atoms with E-state index < -0.39 is 6.10 Å². The topological polar surface area (TPSA) is 108 Å². The normalized spacial score (nSPS) is 15.4. The van der Waals surface area contributed by atoms with E-state index in [0.29, 0.717) is 23.1 Å². The van der Waals surface area contributed by atoms with E-state index >= 15 is 0 Å². The van der Waals surface area contributed by atoms with Crippen molar-refractivity contribution in [1.82, 2.24) is 15.3 Å². The van der Waals surface area contributed by atoms with Crippen LogP contribution in [0.4, 0.5) is 5.95 Å². The van der Waals surface area contributed by atoms with Crippen LogP contribution in [-0.2, 0) is 0 Å². The molecule has 1 aliphatic rings. The van der Waals surface area contributed by atoms with Gasteiger partial charge in [-0.2, -0.15) is 0 Å². The summed E-state index contributed by atoms with van der Waals surface area (Å²) in [5.41, 5.74) is 2.21. The lowest BCUT2D eigenvalue weighted by Crippen LogP contribution is -2.34. The highest BCUT2D eigenvalue weighted by molar-refractivity contribution is 6.30. The van der Waals surface area contributed by atoms with Crippen molar-refractivity contribution < 1.29 is 19.7 Å². The molecule has 2 heterocycles. The smallest absolute Gasteiger partial charge is 0.251 e. The first-order chi connectivity index (χ1) is 15.9. The molecule has 1 amide bonds. The molecule has 180 valence electrons. The van der Waals surface area contributed by atoms with E-state index in [-0.39, 0.29) is 19.1 Å². The highest BCUT2D eigenvalue weighted by Crippen LogP contribution is 2.26. The van der Waals surface area contributed by atoms with Gasteiger partial charge in [0, 0.05) is 25.2 Å². The number of aliphatic hydroxyl groups is 2. The third-order valence-electron chi connectivity index (χ3n) is 5.97. The van der Waals surface area contributed by atoms with Crippen LogP contribution in [-0.4, -0.2) is 65.0 Å². The summed E-state index contributed by atoms with van der Waals surface area (Å²) in [6, 6.07) is 3.74. The van der Waals surface area contributed by atoms with E-state index in [2.05, 4.69) is 20.2 Å². The van der Waals surface area contributed by atoms with Crippen molar-refractivity contribution in [2.24, 2.45) is 5.92 Å². The van der Waals surface area contributed by atoms with Crippen LogP contribution in [0.2, 0.25) is 5.02 Å². The zero-order valence-corrected chi connectivity index (χ0v) is 20.0. The Morgan fingerprint density at radius 2 is 1.88 bits per heavy atom. The number of nitrogens with one attached hydrogen (secondary N) is 1. The number of anilines is 1. The van der Waals surface area contributed by atoms with Gasteiger partial charge in [0.15, 0.2) is 0 Å². The van der Waals surface area contributed by atoms with Gasteiger partial charge in [-0.3, -0.25) is 4.79 Å². The van der Waals surface area contributed by atoms with Gasteiger partial charge in [0.1, 0.15) is 5.75 Å². The molecule has 9 heteroatoms. The number of rotatable bonds is 10. The molecular formula is C24H33ClN4O4. The number of halogens is 1. The standard InChI is InChI=1S/C24H33ClN4O4/c1-16-10-21(11-17(2)22(16)23(32)26-14-20(31)15-30)33-9-3-4-18-5-7-29(8-6-18)24-27-12-19(25)13-28-24/h10-13,18,20,30-31H,3-9,14-15H2,1-2H3,(H,26,32)/t20-/m1/s1. The fourth-order valence-corrected chi connectivity index (χ4v) is 4.28. The van der Waals surface area contributed by atoms with Crippen LogP contribution in [0.3, 0.4) is 0 Å². The lowest BCUT2D eigenvalue weighted by molar-refractivity contribution is 0.0801. The number of hydrogen-bond donors (Lipinski definition) is 3. The number of piperidine rings is 1. The summed E-state index contributed by atoms with van der Waals surface area (Å²) in [5, 5.41) is 21.5. The number of aromatic nitrogens is 2. The van der Waals surface area contributed by atoms with Crippen LogP contribution in [0.1, 0.15) is 47.2 Å². The van der Waals surface area contributed by atoms with Gasteiger partial charge in [-0.15, -0.1) is 0 Å². The Bertz CT molecular complexity index is 894. The molecule has 1 aromatic carbocycles. The molecule has 1 aliphatic heterocycles. The number of nitrogens with zero attached hydrogens (tertiary/aromatic N) is 3. The Morgan fingerprint density at radius 1 is 1.24 bits per heavy atom. The van der Waals surface area contributed by atoms with Crippen LogP contribution in [0, 0.1) is 19.8 Å². The van der Waals surface area contributed by atoms with Crippen molar-refractivity contribution in [1.29, 1.82) is 0 Å². The van der Waals surface area contributed by atoms with E-state index in [1.807, 2.05) is 26.0 Å². The third-order valence-corrected chi connectivity index (χ3v) is 6.17. The van der Waals surface area contributed by atoms with Crippen molar-refractivity contribution in [2.45, 2.75) is 45.6 Å². The average Bonchev–Trinajstić information content (AvgIpc) is 2.81. The number of amides is 1. The van der Waals surface area contributed by atoms with Crippen molar-refractivity contribution in [2.75, 3.05) is 37.7 Å². The maximum atomic E-state index is 12.4. The highest BCUT2D eigenvalue weighted by Gasteiger charge is 2.21. The maximum absolute atomic E-state index is 12.4. The van der Waals surface area contributed by atoms with Crippen LogP contribution >= 0.6 is 11.6 Å². The summed E-state index contributed by atoms with van der Waals surface area (Å²) < 4.78 is 5.96. The summed E-state index contributed by atoms with van der Waals surface area (Å²) >= 11 is 5.87. The van der Waals surface area contributed by atoms with E-state index in [1.54, 1.807) is 12.4 Å². The number of carbonyl (C=O) groups excluding carboxylic acids is 1. The molecule has 0 saturated carbocycles. The second-order valence-corrected chi connectivity index (χ2v) is 9.04. The molecule has 1 atom stereocenters. The molecule has 3 N–H and O–H groups in total. The van der Waals surface area contributed by atoms with Crippen molar-refractivity contribution in [3.63, 3.8) is 0 Å². The van der Waals surface area contributed by atoms with Gasteiger partial charge < -0.3 is 25.2 Å². The van der Waals surface area contributed by atoms with Gasteiger partial charge in [0.05, 0.1) is 36.7 Å². The largest absolute Gasteiger partial charge is 0.494 e. The summed E-state index contributed by atoms with van der Waals surface area (Å²) in [5.74, 6) is 1.90. The first-order valence-corrected chi connectivity index (χ1v) is 11.8. The summed E-state index contributed by atoms with van der Waals surface area (Å²) in [6.07, 6.45) is 6.62. The van der Waals surface area contributed by atoms with Crippen LogP contribution in [0.25, 0.3) is 0 Å². The number of benzene rings is 1. The number of ether oxygens (including phenoxy) is 1. The zero-order valence-electron chi connectivity index (χ0n) is 19.3. The molecule has 0 bridgehead atoms. The molecule has 33 heavy (non-hydrogen) atoms. The fourth-order valence-electron chi connectivity index (χ4n) is 4.18. The summed E-state index contributed by atoms with van der Waals surface area (Å²) in [6.45, 7) is 5.90. The summed E-state index contributed by atoms with van der Waals surface area (Å²) in [7, 11) is 0. The maximum Gasteiger partial charge on any atom is 0.251 e. The predicted molar refractivity (Wildman–Crippen MR) is 128 cm³/mol. The Morgan fingerprint density at radius 3 is 2.48 bits per heavy atom. The Balaban J connectivity index is 1.41. The predicted octanol–water partition coefficient (Wildman–Crippen LogP) is 2.91. The van der Waals surface area contributed by atoms with Crippen molar-refractivity contribution in [3.8, 4) is 5.75 Å². The second-order valence-electron chi connectivity index (χ2n) is 8.60. The molecule has 0 spiro atoms. The molecule has 2 aromatic rings. The van der Waals surface area contributed by atoms with E-state index in [9.17, 15) is 9.90 Å². The first-order valence-electron chi connectivity index (χ1n) is 11.4. The fraction of sp³-hybridized carbons (Fsp3) is 0.542. The van der Waals surface area contributed by atoms with Gasteiger partial charge in [-0.05, 0) is 68.7 Å². The number of aliphatic hydroxyl groups excluding tert-OH is 2. The molecular weight excluding hydrogens is 444 g/mol. The van der Waals surface area contributed by atoms with Gasteiger partial charge in [-0.1, -0.05) is 11.6 Å². The first kappa shape index (κ1) is 25.2. The van der Waals surface area contributed by atoms with E-state index in [1.165, 1.54) is 0 Å². The molecule has 3 rings (SSSR count). The van der Waals surface area contributed by atoms with E-state index in [4.69, 9.17) is 21.4 Å². The minimum atomic E-state index is -0.963. The van der Waals surface area contributed by atoms with Gasteiger partial charge in [0.25, 0.3) is 5.91 Å².